The van der Waals surface area contributed by atoms with Crippen LogP contribution in [0.3, 0.4) is 0 Å². The van der Waals surface area contributed by atoms with Crippen LogP contribution in [0.25, 0.3) is 0 Å². The minimum Gasteiger partial charge on any atom is -0.465 e. The van der Waals surface area contributed by atoms with Gasteiger partial charge in [-0.25, -0.2) is 14.8 Å². The maximum Gasteiger partial charge on any atom is 0.446 e. The molecule has 3 aliphatic rings. The SMILES string of the molecule is COC(=O)[C@@]1(C(F)(F)F)N=C2Sc3cccc(C)c3N2C(N2CCOCC2)=N1. The van der Waals surface area contributed by atoms with Gasteiger partial charge in [0.2, 0.25) is 5.96 Å². The molecular formula is C17H17F3N4O3S. The predicted molar refractivity (Wildman–Crippen MR) is 97.6 cm³/mol. The third-order valence-corrected chi connectivity index (χ3v) is 5.70. The summed E-state index contributed by atoms with van der Waals surface area (Å²) < 4.78 is 51.9. The van der Waals surface area contributed by atoms with Crippen molar-refractivity contribution in [2.24, 2.45) is 9.98 Å². The summed E-state index contributed by atoms with van der Waals surface area (Å²) in [7, 11) is 0.896. The summed E-state index contributed by atoms with van der Waals surface area (Å²) in [5.41, 5.74) is -1.74. The zero-order valence-corrected chi connectivity index (χ0v) is 15.9. The first-order valence-corrected chi connectivity index (χ1v) is 9.35. The number of hydrogen-bond acceptors (Lipinski definition) is 8. The van der Waals surface area contributed by atoms with Gasteiger partial charge < -0.3 is 14.4 Å². The Labute approximate surface area is 163 Å². The number of amidine groups is 1. The number of rotatable bonds is 1. The van der Waals surface area contributed by atoms with Crippen molar-refractivity contribution < 1.29 is 27.4 Å². The molecule has 1 aromatic rings. The maximum atomic E-state index is 14.1. The summed E-state index contributed by atoms with van der Waals surface area (Å²) in [4.78, 5) is 23.9. The normalized spacial score (nSPS) is 24.3. The van der Waals surface area contributed by atoms with Crippen molar-refractivity contribution in [1.29, 1.82) is 0 Å². The van der Waals surface area contributed by atoms with Gasteiger partial charge >= 0.3 is 17.8 Å². The van der Waals surface area contributed by atoms with Crippen LogP contribution in [-0.2, 0) is 14.3 Å². The van der Waals surface area contributed by atoms with Crippen LogP contribution in [0.15, 0.2) is 33.1 Å². The molecule has 11 heteroatoms. The zero-order valence-electron chi connectivity index (χ0n) is 15.1. The van der Waals surface area contributed by atoms with Crippen molar-refractivity contribution in [3.8, 4) is 0 Å². The summed E-state index contributed by atoms with van der Waals surface area (Å²) in [6.07, 6.45) is -5.05. The summed E-state index contributed by atoms with van der Waals surface area (Å²) in [6.45, 7) is 3.27. The van der Waals surface area contributed by atoms with E-state index in [1.54, 1.807) is 15.9 Å². The summed E-state index contributed by atoms with van der Waals surface area (Å²) in [6, 6.07) is 5.49. The molecule has 3 heterocycles. The van der Waals surface area contributed by atoms with Gasteiger partial charge in [-0.3, -0.25) is 4.90 Å². The number of benzene rings is 1. The van der Waals surface area contributed by atoms with E-state index in [0.717, 1.165) is 35.0 Å². The van der Waals surface area contributed by atoms with Crippen molar-refractivity contribution in [3.63, 3.8) is 0 Å². The lowest BCUT2D eigenvalue weighted by molar-refractivity contribution is -0.201. The number of methoxy groups -OCH3 is 1. The second kappa shape index (κ2) is 6.66. The number of aliphatic imine (C=N–C) groups is 2. The van der Waals surface area contributed by atoms with Crippen molar-refractivity contribution >= 4 is 34.5 Å². The van der Waals surface area contributed by atoms with Crippen LogP contribution in [0.2, 0.25) is 0 Å². The third-order valence-electron chi connectivity index (χ3n) is 4.70. The molecule has 1 atom stereocenters. The number of thioether (sulfide) groups is 1. The first-order valence-electron chi connectivity index (χ1n) is 8.53. The summed E-state index contributed by atoms with van der Waals surface area (Å²) in [5.74, 6) is -1.54. The molecule has 0 spiro atoms. The Morgan fingerprint density at radius 2 is 2.00 bits per heavy atom. The highest BCUT2D eigenvalue weighted by Gasteiger charge is 2.66. The van der Waals surface area contributed by atoms with Crippen molar-refractivity contribution in [3.05, 3.63) is 23.8 Å². The van der Waals surface area contributed by atoms with Gasteiger partial charge in [-0.1, -0.05) is 12.1 Å². The lowest BCUT2D eigenvalue weighted by Gasteiger charge is -2.40. The third kappa shape index (κ3) is 2.75. The average molecular weight is 414 g/mol. The van der Waals surface area contributed by atoms with Gasteiger partial charge in [0.1, 0.15) is 0 Å². The van der Waals surface area contributed by atoms with E-state index >= 15 is 0 Å². The fraction of sp³-hybridized carbons (Fsp3) is 0.471. The largest absolute Gasteiger partial charge is 0.465 e. The van der Waals surface area contributed by atoms with E-state index in [9.17, 15) is 18.0 Å². The highest BCUT2D eigenvalue weighted by atomic mass is 32.2. The monoisotopic (exact) mass is 414 g/mol. The van der Waals surface area contributed by atoms with Crippen LogP contribution in [0, 0.1) is 6.92 Å². The van der Waals surface area contributed by atoms with Crippen molar-refractivity contribution in [2.45, 2.75) is 23.7 Å². The highest BCUT2D eigenvalue weighted by molar-refractivity contribution is 8.15. The van der Waals surface area contributed by atoms with E-state index in [0.29, 0.717) is 26.3 Å². The molecule has 3 aliphatic heterocycles. The molecule has 0 bridgehead atoms. The van der Waals surface area contributed by atoms with Gasteiger partial charge in [-0.05, 0) is 30.3 Å². The molecule has 0 aliphatic carbocycles. The predicted octanol–water partition coefficient (Wildman–Crippen LogP) is 2.40. The van der Waals surface area contributed by atoms with Crippen molar-refractivity contribution in [2.75, 3.05) is 38.3 Å². The topological polar surface area (TPSA) is 66.7 Å². The van der Waals surface area contributed by atoms with Crippen LogP contribution >= 0.6 is 11.8 Å². The van der Waals surface area contributed by atoms with Crippen LogP contribution in [0.4, 0.5) is 18.9 Å². The molecule has 1 aromatic carbocycles. The number of carbonyl (C=O) groups is 1. The van der Waals surface area contributed by atoms with E-state index < -0.39 is 17.8 Å². The second-order valence-electron chi connectivity index (χ2n) is 6.43. The summed E-state index contributed by atoms with van der Waals surface area (Å²) in [5, 5.41) is 0.0449. The van der Waals surface area contributed by atoms with Crippen LogP contribution < -0.4 is 4.90 Å². The second-order valence-corrected chi connectivity index (χ2v) is 7.44. The van der Waals surface area contributed by atoms with Crippen LogP contribution in [0.5, 0.6) is 0 Å². The average Bonchev–Trinajstić information content (AvgIpc) is 3.05. The number of esters is 1. The fourth-order valence-electron chi connectivity index (χ4n) is 3.31. The van der Waals surface area contributed by atoms with E-state index in [4.69, 9.17) is 4.74 Å². The molecule has 1 fully saturated rings. The molecule has 0 radical (unpaired) electrons. The first kappa shape index (κ1) is 19.1. The smallest absolute Gasteiger partial charge is 0.446 e. The van der Waals surface area contributed by atoms with E-state index in [1.807, 2.05) is 19.1 Å². The molecule has 4 rings (SSSR count). The Balaban J connectivity index is 1.93. The number of fused-ring (bicyclic) bond motifs is 3. The maximum absolute atomic E-state index is 14.1. The fourth-order valence-corrected chi connectivity index (χ4v) is 4.44. The van der Waals surface area contributed by atoms with Gasteiger partial charge in [-0.2, -0.15) is 13.2 Å². The van der Waals surface area contributed by atoms with Gasteiger partial charge in [0.25, 0.3) is 0 Å². The minimum atomic E-state index is -5.05. The van der Waals surface area contributed by atoms with E-state index in [2.05, 4.69) is 14.7 Å². The molecule has 28 heavy (non-hydrogen) atoms. The Morgan fingerprint density at radius 1 is 1.29 bits per heavy atom. The van der Waals surface area contributed by atoms with Crippen molar-refractivity contribution in [1.82, 2.24) is 4.90 Å². The molecule has 7 nitrogen and oxygen atoms in total. The number of alkyl halides is 3. The van der Waals surface area contributed by atoms with Crippen LogP contribution in [0.1, 0.15) is 5.56 Å². The molecule has 0 aromatic heterocycles. The number of para-hydroxylation sites is 1. The lowest BCUT2D eigenvalue weighted by atomic mass is 10.1. The standard InChI is InChI=1S/C17H17F3N4O3S/c1-10-4-3-5-11-12(10)24-14(23-6-8-27-9-7-23)21-16(13(25)26-2,17(18,19)20)22-15(24)28-11/h3-5H,6-9H2,1-2H3/t16-/m0/s1. The molecule has 1 saturated heterocycles. The van der Waals surface area contributed by atoms with Crippen LogP contribution in [-0.4, -0.2) is 67.2 Å². The van der Waals surface area contributed by atoms with Gasteiger partial charge in [0.05, 0.1) is 26.0 Å². The molecule has 0 N–H and O–H groups in total. The Bertz CT molecular complexity index is 883. The lowest BCUT2D eigenvalue weighted by Crippen LogP contribution is -2.59. The number of carbonyl (C=O) groups excluding carboxylic acids is 1. The number of hydrogen-bond donors (Lipinski definition) is 0. The van der Waals surface area contributed by atoms with Gasteiger partial charge in [-0.15, -0.1) is 0 Å². The Hall–Kier alpha value is -2.27. The Kier molecular flexibility index (Phi) is 4.53. The molecule has 150 valence electrons. The molecular weight excluding hydrogens is 397 g/mol. The molecule has 0 unspecified atom stereocenters. The molecule has 0 saturated carbocycles. The van der Waals surface area contributed by atoms with Gasteiger partial charge in [0.15, 0.2) is 5.17 Å². The van der Waals surface area contributed by atoms with E-state index in [1.165, 1.54) is 0 Å². The summed E-state index contributed by atoms with van der Waals surface area (Å²) >= 11 is 1.08. The number of anilines is 1. The number of aryl methyl sites for hydroxylation is 1. The highest BCUT2D eigenvalue weighted by Crippen LogP contribution is 2.48. The first-order chi connectivity index (χ1) is 13.3. The Morgan fingerprint density at radius 3 is 2.64 bits per heavy atom. The van der Waals surface area contributed by atoms with Gasteiger partial charge in [0, 0.05) is 18.0 Å². The molecule has 0 amide bonds. The number of morpholine rings is 1. The number of nitrogens with zero attached hydrogens (tertiary/aromatic N) is 4. The van der Waals surface area contributed by atoms with E-state index in [-0.39, 0.29) is 11.1 Å². The quantitative estimate of drug-likeness (QED) is 0.658. The minimum absolute atomic E-state index is 0.0246. The number of ether oxygens (including phenoxy) is 2. The number of guanidine groups is 1. The zero-order chi connectivity index (χ0) is 20.1. The number of halogens is 3.